The highest BCUT2D eigenvalue weighted by atomic mass is 16.5. The van der Waals surface area contributed by atoms with Gasteiger partial charge in [0.15, 0.2) is 0 Å². The fourth-order valence-corrected chi connectivity index (χ4v) is 2.93. The number of aryl methyl sites for hydroxylation is 1. The van der Waals surface area contributed by atoms with Gasteiger partial charge in [-0.25, -0.2) is 0 Å². The largest absolute Gasteiger partial charge is 0.350 e. The van der Waals surface area contributed by atoms with Crippen LogP contribution in [0.1, 0.15) is 29.0 Å². The second-order valence-corrected chi connectivity index (χ2v) is 5.79. The Balaban J connectivity index is 1.78. The molecule has 2 heterocycles. The molecule has 1 N–H and O–H groups in total. The quantitative estimate of drug-likeness (QED) is 0.942. The Morgan fingerprint density at radius 2 is 2.18 bits per heavy atom. The predicted octanol–water partition coefficient (Wildman–Crippen LogP) is 2.47. The molecule has 1 saturated heterocycles. The first-order valence-electron chi connectivity index (χ1n) is 7.68. The first kappa shape index (κ1) is 14.8. The van der Waals surface area contributed by atoms with Crippen LogP contribution in [0.5, 0.6) is 0 Å². The highest BCUT2D eigenvalue weighted by molar-refractivity contribution is 5.92. The van der Waals surface area contributed by atoms with Crippen molar-refractivity contribution in [3.8, 4) is 11.3 Å². The third-order valence-corrected chi connectivity index (χ3v) is 4.15. The van der Waals surface area contributed by atoms with Gasteiger partial charge in [-0.3, -0.25) is 4.79 Å². The Kier molecular flexibility index (Phi) is 4.24. The van der Waals surface area contributed by atoms with Gasteiger partial charge in [-0.05, 0) is 26.8 Å². The molecule has 1 aliphatic heterocycles. The van der Waals surface area contributed by atoms with Crippen molar-refractivity contribution in [1.82, 2.24) is 15.4 Å². The van der Waals surface area contributed by atoms with Crippen molar-refractivity contribution in [2.75, 3.05) is 20.1 Å². The van der Waals surface area contributed by atoms with Gasteiger partial charge in [-0.1, -0.05) is 35.0 Å². The van der Waals surface area contributed by atoms with Crippen LogP contribution in [-0.2, 0) is 0 Å². The van der Waals surface area contributed by atoms with E-state index in [0.717, 1.165) is 31.5 Å². The van der Waals surface area contributed by atoms with Crippen molar-refractivity contribution in [2.45, 2.75) is 25.8 Å². The lowest BCUT2D eigenvalue weighted by Crippen LogP contribution is -2.40. The fourth-order valence-electron chi connectivity index (χ4n) is 2.93. The molecule has 1 atom stereocenters. The number of rotatable bonds is 4. The van der Waals surface area contributed by atoms with Gasteiger partial charge >= 0.3 is 0 Å². The van der Waals surface area contributed by atoms with Gasteiger partial charge in [-0.2, -0.15) is 0 Å². The Labute approximate surface area is 130 Å². The van der Waals surface area contributed by atoms with Crippen LogP contribution in [0.4, 0.5) is 0 Å². The summed E-state index contributed by atoms with van der Waals surface area (Å²) in [4.78, 5) is 14.5. The minimum Gasteiger partial charge on any atom is -0.350 e. The molecule has 0 spiro atoms. The number of aromatic nitrogens is 1. The van der Waals surface area contributed by atoms with E-state index in [2.05, 4.69) is 10.5 Å². The zero-order chi connectivity index (χ0) is 15.5. The minimum atomic E-state index is -0.0661. The van der Waals surface area contributed by atoms with Crippen LogP contribution in [0.2, 0.25) is 0 Å². The van der Waals surface area contributed by atoms with Gasteiger partial charge in [0.25, 0.3) is 5.91 Å². The number of hydrogen-bond donors (Lipinski definition) is 1. The molecule has 22 heavy (non-hydrogen) atoms. The zero-order valence-electron chi connectivity index (χ0n) is 13.0. The Morgan fingerprint density at radius 1 is 1.41 bits per heavy atom. The van der Waals surface area contributed by atoms with Crippen LogP contribution in [-0.4, -0.2) is 42.1 Å². The summed E-state index contributed by atoms with van der Waals surface area (Å²) in [6.45, 7) is 3.63. The lowest BCUT2D eigenvalue weighted by atomic mass is 10.1. The van der Waals surface area contributed by atoms with Gasteiger partial charge in [-0.15, -0.1) is 0 Å². The summed E-state index contributed by atoms with van der Waals surface area (Å²) in [5.74, 6) is 0.252. The molecule has 0 radical (unpaired) electrons. The number of carbonyl (C=O) groups excluding carboxylic acids is 1. The van der Waals surface area contributed by atoms with E-state index in [-0.39, 0.29) is 11.9 Å². The molecular formula is C17H21N3O2. The molecule has 1 unspecified atom stereocenters. The van der Waals surface area contributed by atoms with E-state index in [4.69, 9.17) is 4.52 Å². The van der Waals surface area contributed by atoms with Crippen molar-refractivity contribution in [3.63, 3.8) is 0 Å². The summed E-state index contributed by atoms with van der Waals surface area (Å²) in [7, 11) is 1.91. The van der Waals surface area contributed by atoms with Crippen molar-refractivity contribution >= 4 is 5.91 Å². The lowest BCUT2D eigenvalue weighted by molar-refractivity contribution is 0.0695. The number of nitrogens with zero attached hydrogens (tertiary/aromatic N) is 2. The Hall–Kier alpha value is -2.14. The maximum absolute atomic E-state index is 12.6. The standard InChI is InChI=1S/C17H21N3O2/c1-12-5-7-13(8-6-12)15-10-16(22-19-15)17(21)20-9-3-4-14(20)11-18-2/h5-8,10,14,18H,3-4,9,11H2,1-2H3. The molecule has 1 aromatic heterocycles. The van der Waals surface area contributed by atoms with Crippen LogP contribution >= 0.6 is 0 Å². The summed E-state index contributed by atoms with van der Waals surface area (Å²) >= 11 is 0. The number of benzene rings is 1. The van der Waals surface area contributed by atoms with E-state index in [1.54, 1.807) is 6.07 Å². The minimum absolute atomic E-state index is 0.0661. The number of likely N-dealkylation sites (N-methyl/N-ethyl adjacent to an activating group) is 1. The molecule has 5 heteroatoms. The molecule has 116 valence electrons. The zero-order valence-corrected chi connectivity index (χ0v) is 13.0. The normalized spacial score (nSPS) is 17.9. The van der Waals surface area contributed by atoms with Crippen molar-refractivity contribution in [3.05, 3.63) is 41.7 Å². The highest BCUT2D eigenvalue weighted by Crippen LogP contribution is 2.23. The van der Waals surface area contributed by atoms with E-state index in [1.165, 1.54) is 5.56 Å². The molecule has 2 aromatic rings. The third kappa shape index (κ3) is 2.90. The SMILES string of the molecule is CNCC1CCCN1C(=O)c1cc(-c2ccc(C)cc2)no1. The number of nitrogens with one attached hydrogen (secondary N) is 1. The fraction of sp³-hybridized carbons (Fsp3) is 0.412. The molecular weight excluding hydrogens is 278 g/mol. The van der Waals surface area contributed by atoms with E-state index in [9.17, 15) is 4.79 Å². The van der Waals surface area contributed by atoms with Gasteiger partial charge in [0, 0.05) is 30.8 Å². The van der Waals surface area contributed by atoms with E-state index in [1.807, 2.05) is 43.1 Å². The average molecular weight is 299 g/mol. The summed E-state index contributed by atoms with van der Waals surface area (Å²) in [6.07, 6.45) is 2.07. The molecule has 1 aliphatic rings. The van der Waals surface area contributed by atoms with Crippen molar-refractivity contribution < 1.29 is 9.32 Å². The first-order valence-corrected chi connectivity index (χ1v) is 7.68. The number of likely N-dealkylation sites (tertiary alicyclic amines) is 1. The maximum atomic E-state index is 12.6. The summed E-state index contributed by atoms with van der Waals surface area (Å²) in [5, 5.41) is 7.18. The average Bonchev–Trinajstić information content (AvgIpc) is 3.17. The summed E-state index contributed by atoms with van der Waals surface area (Å²) < 4.78 is 5.29. The molecule has 3 rings (SSSR count). The molecule has 0 aliphatic carbocycles. The summed E-state index contributed by atoms with van der Waals surface area (Å²) in [6, 6.07) is 10.00. The molecule has 1 aromatic carbocycles. The van der Waals surface area contributed by atoms with Crippen molar-refractivity contribution in [1.29, 1.82) is 0 Å². The smallest absolute Gasteiger partial charge is 0.292 e. The van der Waals surface area contributed by atoms with Gasteiger partial charge in [0.2, 0.25) is 5.76 Å². The maximum Gasteiger partial charge on any atom is 0.292 e. The predicted molar refractivity (Wildman–Crippen MR) is 84.7 cm³/mol. The molecule has 1 fully saturated rings. The van der Waals surface area contributed by atoms with Crippen LogP contribution in [0.25, 0.3) is 11.3 Å². The van der Waals surface area contributed by atoms with E-state index in [0.29, 0.717) is 11.5 Å². The van der Waals surface area contributed by atoms with Crippen LogP contribution < -0.4 is 5.32 Å². The number of carbonyl (C=O) groups is 1. The number of amides is 1. The first-order chi connectivity index (χ1) is 10.7. The van der Waals surface area contributed by atoms with Gasteiger partial charge in [0.05, 0.1) is 0 Å². The second kappa shape index (κ2) is 6.32. The van der Waals surface area contributed by atoms with Gasteiger partial charge < -0.3 is 14.7 Å². The molecule has 5 nitrogen and oxygen atoms in total. The lowest BCUT2D eigenvalue weighted by Gasteiger charge is -2.23. The third-order valence-electron chi connectivity index (χ3n) is 4.15. The second-order valence-electron chi connectivity index (χ2n) is 5.79. The van der Waals surface area contributed by atoms with Crippen LogP contribution in [0.3, 0.4) is 0 Å². The molecule has 0 bridgehead atoms. The monoisotopic (exact) mass is 299 g/mol. The molecule has 0 saturated carbocycles. The highest BCUT2D eigenvalue weighted by Gasteiger charge is 2.31. The Morgan fingerprint density at radius 3 is 2.91 bits per heavy atom. The summed E-state index contributed by atoms with van der Waals surface area (Å²) in [5.41, 5.74) is 2.85. The number of hydrogen-bond acceptors (Lipinski definition) is 4. The van der Waals surface area contributed by atoms with Gasteiger partial charge in [0.1, 0.15) is 5.69 Å². The van der Waals surface area contributed by atoms with E-state index < -0.39 is 0 Å². The van der Waals surface area contributed by atoms with Crippen LogP contribution in [0.15, 0.2) is 34.9 Å². The molecule has 1 amide bonds. The Bertz CT molecular complexity index is 648. The topological polar surface area (TPSA) is 58.4 Å². The van der Waals surface area contributed by atoms with Crippen LogP contribution in [0, 0.1) is 6.92 Å². The van der Waals surface area contributed by atoms with Crippen molar-refractivity contribution in [2.24, 2.45) is 0 Å². The van der Waals surface area contributed by atoms with E-state index >= 15 is 0 Å².